The molecule has 3 N–H and O–H groups in total. The van der Waals surface area contributed by atoms with Crippen LogP contribution in [0.2, 0.25) is 0 Å². The third kappa shape index (κ3) is 3.42. The zero-order chi connectivity index (χ0) is 14.8. The van der Waals surface area contributed by atoms with E-state index in [1.165, 1.54) is 6.07 Å². The van der Waals surface area contributed by atoms with Crippen molar-refractivity contribution in [3.8, 4) is 0 Å². The van der Waals surface area contributed by atoms with Crippen LogP contribution >= 0.6 is 7.60 Å². The van der Waals surface area contributed by atoms with Crippen LogP contribution in [0.3, 0.4) is 0 Å². The normalized spacial score (nSPS) is 11.7. The van der Waals surface area contributed by atoms with Gasteiger partial charge in [0.25, 0.3) is 6.43 Å². The van der Waals surface area contributed by atoms with Crippen molar-refractivity contribution < 1.29 is 23.1 Å². The first-order valence-corrected chi connectivity index (χ1v) is 7.29. The van der Waals surface area contributed by atoms with Crippen LogP contribution in [0.15, 0.2) is 48.5 Å². The van der Waals surface area contributed by atoms with E-state index in [1.807, 2.05) is 0 Å². The molecule has 106 valence electrons. The lowest BCUT2D eigenvalue weighted by Crippen LogP contribution is -2.07. The van der Waals surface area contributed by atoms with Gasteiger partial charge in [0.1, 0.15) is 0 Å². The maximum atomic E-state index is 13.0. The fourth-order valence-corrected chi connectivity index (χ4v) is 2.28. The molecular weight excluding hydrogens is 287 g/mol. The lowest BCUT2D eigenvalue weighted by molar-refractivity contribution is 0.152. The molecule has 0 aromatic heterocycles. The number of rotatable bonds is 4. The first-order valence-electron chi connectivity index (χ1n) is 5.68. The minimum Gasteiger partial charge on any atom is -0.355 e. The molecule has 0 aliphatic carbocycles. The van der Waals surface area contributed by atoms with Crippen LogP contribution in [0.5, 0.6) is 0 Å². The van der Waals surface area contributed by atoms with Gasteiger partial charge in [-0.2, -0.15) is 0 Å². The molecule has 7 heteroatoms. The predicted molar refractivity (Wildman–Crippen MR) is 72.8 cm³/mol. The Labute approximate surface area is 114 Å². The van der Waals surface area contributed by atoms with Crippen molar-refractivity contribution in [2.24, 2.45) is 0 Å². The molecule has 0 saturated carbocycles. The zero-order valence-corrected chi connectivity index (χ0v) is 11.1. The minimum atomic E-state index is -4.55. The Morgan fingerprint density at radius 2 is 1.70 bits per heavy atom. The van der Waals surface area contributed by atoms with Gasteiger partial charge in [0.2, 0.25) is 0 Å². The molecule has 0 spiro atoms. The maximum Gasteiger partial charge on any atom is 0.356 e. The summed E-state index contributed by atoms with van der Waals surface area (Å²) in [7, 11) is -4.55. The van der Waals surface area contributed by atoms with E-state index in [4.69, 9.17) is 9.79 Å². The third-order valence-electron chi connectivity index (χ3n) is 2.66. The smallest absolute Gasteiger partial charge is 0.355 e. The molecule has 0 bridgehead atoms. The summed E-state index contributed by atoms with van der Waals surface area (Å²) in [6, 6.07) is 11.9. The molecule has 0 aliphatic heterocycles. The number of hydrogen-bond acceptors (Lipinski definition) is 2. The number of halogens is 2. The third-order valence-corrected chi connectivity index (χ3v) is 3.61. The van der Waals surface area contributed by atoms with Crippen molar-refractivity contribution in [2.45, 2.75) is 6.43 Å². The van der Waals surface area contributed by atoms with Crippen LogP contribution in [0.25, 0.3) is 0 Å². The molecule has 0 saturated heterocycles. The summed E-state index contributed by atoms with van der Waals surface area (Å²) in [5.41, 5.74) is 0.274. The number of anilines is 2. The number of hydrogen-bond donors (Lipinski definition) is 3. The fraction of sp³-hybridized carbons (Fsp3) is 0.0769. The van der Waals surface area contributed by atoms with Gasteiger partial charge in [0.15, 0.2) is 0 Å². The second kappa shape index (κ2) is 5.71. The van der Waals surface area contributed by atoms with E-state index >= 15 is 0 Å². The number of para-hydroxylation sites is 1. The van der Waals surface area contributed by atoms with E-state index in [-0.39, 0.29) is 5.69 Å². The van der Waals surface area contributed by atoms with Gasteiger partial charge in [-0.25, -0.2) is 8.78 Å². The molecular formula is C13H12F2NO3P. The van der Waals surface area contributed by atoms with Gasteiger partial charge >= 0.3 is 7.60 Å². The summed E-state index contributed by atoms with van der Waals surface area (Å²) in [6.45, 7) is 0. The molecule has 0 atom stereocenters. The van der Waals surface area contributed by atoms with Gasteiger partial charge in [0, 0.05) is 16.9 Å². The summed E-state index contributed by atoms with van der Waals surface area (Å²) in [4.78, 5) is 18.0. The average molecular weight is 299 g/mol. The van der Waals surface area contributed by atoms with Gasteiger partial charge in [0.05, 0.1) is 5.30 Å². The van der Waals surface area contributed by atoms with Crippen molar-refractivity contribution in [1.82, 2.24) is 0 Å². The first kappa shape index (κ1) is 14.7. The Hall–Kier alpha value is -1.75. The van der Waals surface area contributed by atoms with Crippen molar-refractivity contribution >= 4 is 24.3 Å². The van der Waals surface area contributed by atoms with Crippen LogP contribution < -0.4 is 10.6 Å². The van der Waals surface area contributed by atoms with Crippen LogP contribution in [-0.4, -0.2) is 9.79 Å². The molecule has 2 aromatic carbocycles. The fourth-order valence-electron chi connectivity index (χ4n) is 1.70. The van der Waals surface area contributed by atoms with Crippen molar-refractivity contribution in [3.63, 3.8) is 0 Å². The predicted octanol–water partition coefficient (Wildman–Crippen LogP) is 3.17. The molecule has 20 heavy (non-hydrogen) atoms. The molecule has 2 rings (SSSR count). The van der Waals surface area contributed by atoms with E-state index in [0.717, 1.165) is 12.1 Å². The van der Waals surface area contributed by atoms with Crippen LogP contribution in [-0.2, 0) is 4.57 Å². The standard InChI is InChI=1S/C13H12F2NO3P/c14-13(15)11-8-10(20(17,18)19)6-7-12(11)16-9-4-2-1-3-5-9/h1-8,13,16H,(H2,17,18,19). The highest BCUT2D eigenvalue weighted by Crippen LogP contribution is 2.37. The summed E-state index contributed by atoms with van der Waals surface area (Å²) in [5.74, 6) is 0. The second-order valence-corrected chi connectivity index (χ2v) is 5.71. The molecule has 0 unspecified atom stereocenters. The summed E-state index contributed by atoms with van der Waals surface area (Å²) < 4.78 is 37.1. The van der Waals surface area contributed by atoms with Gasteiger partial charge in [-0.1, -0.05) is 18.2 Å². The molecule has 4 nitrogen and oxygen atoms in total. The van der Waals surface area contributed by atoms with Gasteiger partial charge in [-0.3, -0.25) is 4.57 Å². The van der Waals surface area contributed by atoms with E-state index in [9.17, 15) is 13.3 Å². The highest BCUT2D eigenvalue weighted by atomic mass is 31.2. The van der Waals surface area contributed by atoms with Crippen molar-refractivity contribution in [3.05, 3.63) is 54.1 Å². The largest absolute Gasteiger partial charge is 0.356 e. The number of benzene rings is 2. The first-order chi connectivity index (χ1) is 9.38. The lowest BCUT2D eigenvalue weighted by atomic mass is 10.1. The topological polar surface area (TPSA) is 69.6 Å². The lowest BCUT2D eigenvalue weighted by Gasteiger charge is -2.14. The second-order valence-electron chi connectivity index (χ2n) is 4.11. The van der Waals surface area contributed by atoms with Crippen molar-refractivity contribution in [1.29, 1.82) is 0 Å². The van der Waals surface area contributed by atoms with E-state index in [2.05, 4.69) is 5.32 Å². The van der Waals surface area contributed by atoms with Gasteiger partial charge in [-0.05, 0) is 30.3 Å². The quantitative estimate of drug-likeness (QED) is 0.758. The molecule has 0 radical (unpaired) electrons. The summed E-state index contributed by atoms with van der Waals surface area (Å²) in [6.07, 6.45) is -2.84. The Morgan fingerprint density at radius 3 is 2.25 bits per heavy atom. The van der Waals surface area contributed by atoms with Crippen LogP contribution in [0, 0.1) is 0 Å². The Morgan fingerprint density at radius 1 is 1.05 bits per heavy atom. The molecule has 0 fully saturated rings. The molecule has 2 aromatic rings. The Balaban J connectivity index is 2.41. The van der Waals surface area contributed by atoms with Crippen LogP contribution in [0.1, 0.15) is 12.0 Å². The van der Waals surface area contributed by atoms with Crippen LogP contribution in [0.4, 0.5) is 20.2 Å². The maximum absolute atomic E-state index is 13.0. The molecule has 0 amide bonds. The Bertz CT molecular complexity index is 643. The zero-order valence-electron chi connectivity index (χ0n) is 10.2. The molecule has 0 aliphatic rings. The van der Waals surface area contributed by atoms with E-state index in [1.54, 1.807) is 30.3 Å². The van der Waals surface area contributed by atoms with Gasteiger partial charge < -0.3 is 15.1 Å². The highest BCUT2D eigenvalue weighted by molar-refractivity contribution is 7.60. The van der Waals surface area contributed by atoms with Crippen molar-refractivity contribution in [2.75, 3.05) is 5.32 Å². The summed E-state index contributed by atoms with van der Waals surface area (Å²) in [5, 5.41) is 2.37. The monoisotopic (exact) mass is 299 g/mol. The van der Waals surface area contributed by atoms with E-state index < -0.39 is 24.9 Å². The summed E-state index contributed by atoms with van der Waals surface area (Å²) >= 11 is 0. The Kier molecular flexibility index (Phi) is 4.18. The SMILES string of the molecule is O=P(O)(O)c1ccc(Nc2ccccc2)c(C(F)F)c1. The highest BCUT2D eigenvalue weighted by Gasteiger charge is 2.22. The van der Waals surface area contributed by atoms with E-state index in [0.29, 0.717) is 5.69 Å². The number of alkyl halides is 2. The minimum absolute atomic E-state index is 0.114. The number of nitrogens with one attached hydrogen (secondary N) is 1. The average Bonchev–Trinajstić information content (AvgIpc) is 2.38. The molecule has 0 heterocycles. The van der Waals surface area contributed by atoms with Gasteiger partial charge in [-0.15, -0.1) is 0 Å².